The van der Waals surface area contributed by atoms with Crippen LogP contribution in [-0.2, 0) is 12.6 Å². The average molecular weight is 384 g/mol. The Morgan fingerprint density at radius 2 is 1.71 bits per heavy atom. The summed E-state index contributed by atoms with van der Waals surface area (Å²) in [5.74, 6) is -1.06. The van der Waals surface area contributed by atoms with Gasteiger partial charge < -0.3 is 10.8 Å². The van der Waals surface area contributed by atoms with Crippen LogP contribution in [0.4, 0.5) is 17.6 Å². The van der Waals surface area contributed by atoms with E-state index in [-0.39, 0.29) is 18.8 Å². The summed E-state index contributed by atoms with van der Waals surface area (Å²) in [4.78, 5) is 0. The van der Waals surface area contributed by atoms with Gasteiger partial charge >= 0.3 is 6.18 Å². The van der Waals surface area contributed by atoms with E-state index >= 15 is 0 Å². The van der Waals surface area contributed by atoms with Gasteiger partial charge in [0.25, 0.3) is 0 Å². The molecule has 2 aromatic carbocycles. The molecule has 2 atom stereocenters. The van der Waals surface area contributed by atoms with Crippen molar-refractivity contribution in [2.24, 2.45) is 5.73 Å². The lowest BCUT2D eigenvalue weighted by Crippen LogP contribution is -2.29. The number of rotatable bonds is 4. The van der Waals surface area contributed by atoms with Gasteiger partial charge in [0.05, 0.1) is 22.7 Å². The van der Waals surface area contributed by atoms with E-state index < -0.39 is 40.3 Å². The maximum Gasteiger partial charge on any atom is 0.416 e. The number of hydrogen-bond donors (Lipinski definition) is 2. The molecule has 0 unspecified atom stereocenters. The lowest BCUT2D eigenvalue weighted by atomic mass is 9.95. The van der Waals surface area contributed by atoms with E-state index in [4.69, 9.17) is 17.3 Å². The second-order valence-corrected chi connectivity index (χ2v) is 5.55. The molecule has 2 rings (SSSR count). The van der Waals surface area contributed by atoms with Gasteiger partial charge in [-0.25, -0.2) is 4.39 Å². The number of nitrogens with two attached hydrogens (primary N) is 1. The van der Waals surface area contributed by atoms with E-state index in [0.29, 0.717) is 12.1 Å². The second-order valence-electron chi connectivity index (χ2n) is 5.14. The van der Waals surface area contributed by atoms with E-state index in [9.17, 15) is 22.7 Å². The molecule has 0 amide bonds. The Hall–Kier alpha value is -1.34. The number of aliphatic hydroxyl groups excluding tert-OH is 1. The Labute approximate surface area is 147 Å². The smallest absolute Gasteiger partial charge is 0.391 e. The fourth-order valence-corrected chi connectivity index (χ4v) is 2.43. The molecule has 0 aliphatic carbocycles. The molecule has 132 valence electrons. The van der Waals surface area contributed by atoms with Gasteiger partial charge in [-0.05, 0) is 17.7 Å². The van der Waals surface area contributed by atoms with Crippen molar-refractivity contribution in [3.05, 3.63) is 70.0 Å². The van der Waals surface area contributed by atoms with Gasteiger partial charge in [-0.2, -0.15) is 13.2 Å². The monoisotopic (exact) mass is 383 g/mol. The first kappa shape index (κ1) is 20.7. The van der Waals surface area contributed by atoms with Gasteiger partial charge in [-0.3, -0.25) is 0 Å². The number of halogens is 6. The second kappa shape index (κ2) is 8.16. The van der Waals surface area contributed by atoms with Crippen LogP contribution in [0.3, 0.4) is 0 Å². The molecule has 0 saturated carbocycles. The molecule has 0 bridgehead atoms. The number of hydrogen-bond acceptors (Lipinski definition) is 2. The van der Waals surface area contributed by atoms with Gasteiger partial charge in [-0.15, -0.1) is 12.4 Å². The molecule has 0 aromatic heterocycles. The van der Waals surface area contributed by atoms with Crippen LogP contribution >= 0.6 is 24.0 Å². The van der Waals surface area contributed by atoms with Gasteiger partial charge in [0.2, 0.25) is 0 Å². The van der Waals surface area contributed by atoms with Gasteiger partial charge in [0.15, 0.2) is 0 Å². The van der Waals surface area contributed by atoms with Crippen molar-refractivity contribution in [3.8, 4) is 0 Å². The van der Waals surface area contributed by atoms with Gasteiger partial charge in [0.1, 0.15) is 5.82 Å². The molecule has 0 fully saturated rings. The highest BCUT2D eigenvalue weighted by atomic mass is 35.5. The van der Waals surface area contributed by atoms with Crippen molar-refractivity contribution in [2.45, 2.75) is 24.7 Å². The molecule has 0 aliphatic heterocycles. The Balaban J connectivity index is 0.00000288. The SMILES string of the molecule is Cl.N[C@H](c1cc(C(F)(F)F)cc(Cl)c1F)[C@@H](O)Cc1ccccc1. The van der Waals surface area contributed by atoms with E-state index in [1.54, 1.807) is 30.3 Å². The van der Waals surface area contributed by atoms with Crippen LogP contribution in [0.15, 0.2) is 42.5 Å². The van der Waals surface area contributed by atoms with Crippen LogP contribution in [0.25, 0.3) is 0 Å². The first-order chi connectivity index (χ1) is 10.7. The lowest BCUT2D eigenvalue weighted by Gasteiger charge is -2.21. The zero-order valence-corrected chi connectivity index (χ0v) is 13.8. The summed E-state index contributed by atoms with van der Waals surface area (Å²) in [5, 5.41) is 9.43. The molecule has 24 heavy (non-hydrogen) atoms. The van der Waals surface area contributed by atoms with Crippen molar-refractivity contribution >= 4 is 24.0 Å². The molecule has 0 radical (unpaired) electrons. The molecule has 2 nitrogen and oxygen atoms in total. The van der Waals surface area contributed by atoms with Crippen LogP contribution < -0.4 is 5.73 Å². The van der Waals surface area contributed by atoms with Crippen molar-refractivity contribution in [3.63, 3.8) is 0 Å². The minimum Gasteiger partial charge on any atom is -0.391 e. The zero-order valence-electron chi connectivity index (χ0n) is 12.2. The maximum atomic E-state index is 14.0. The fraction of sp³-hybridized carbons (Fsp3) is 0.250. The summed E-state index contributed by atoms with van der Waals surface area (Å²) in [6.45, 7) is 0. The predicted octanol–water partition coefficient (Wildman–Crippen LogP) is 4.52. The Morgan fingerprint density at radius 3 is 2.25 bits per heavy atom. The molecule has 0 aliphatic rings. The van der Waals surface area contributed by atoms with Crippen molar-refractivity contribution in [2.75, 3.05) is 0 Å². The quantitative estimate of drug-likeness (QED) is 0.762. The molecule has 8 heteroatoms. The van der Waals surface area contributed by atoms with Crippen LogP contribution in [0.5, 0.6) is 0 Å². The zero-order chi connectivity index (χ0) is 17.2. The van der Waals surface area contributed by atoms with Crippen molar-refractivity contribution in [1.82, 2.24) is 0 Å². The van der Waals surface area contributed by atoms with E-state index in [2.05, 4.69) is 0 Å². The minimum absolute atomic E-state index is 0. The maximum absolute atomic E-state index is 14.0. The van der Waals surface area contributed by atoms with Crippen molar-refractivity contribution < 1.29 is 22.7 Å². The van der Waals surface area contributed by atoms with Gasteiger partial charge in [-0.1, -0.05) is 41.9 Å². The van der Waals surface area contributed by atoms with E-state index in [1.807, 2.05) is 0 Å². The third kappa shape index (κ3) is 4.83. The molecular weight excluding hydrogens is 369 g/mol. The first-order valence-electron chi connectivity index (χ1n) is 6.74. The highest BCUT2D eigenvalue weighted by Crippen LogP contribution is 2.35. The van der Waals surface area contributed by atoms with Crippen LogP contribution in [-0.4, -0.2) is 11.2 Å². The normalized spacial score (nSPS) is 14.0. The van der Waals surface area contributed by atoms with Crippen LogP contribution in [0.2, 0.25) is 5.02 Å². The Morgan fingerprint density at radius 1 is 1.12 bits per heavy atom. The summed E-state index contributed by atoms with van der Waals surface area (Å²) in [6, 6.07) is 8.47. The Bertz CT molecular complexity index is 680. The predicted molar refractivity (Wildman–Crippen MR) is 86.7 cm³/mol. The third-order valence-electron chi connectivity index (χ3n) is 3.45. The summed E-state index contributed by atoms with van der Waals surface area (Å²) in [7, 11) is 0. The fourth-order valence-electron chi connectivity index (χ4n) is 2.21. The average Bonchev–Trinajstić information content (AvgIpc) is 2.49. The minimum atomic E-state index is -4.68. The standard InChI is InChI=1S/C16H14ClF4NO.ClH/c17-12-8-10(16(19,20)21)7-11(14(12)18)15(22)13(23)6-9-4-2-1-3-5-9;/h1-5,7-8,13,15,23H,6,22H2;1H/t13-,15+;/m0./s1. The lowest BCUT2D eigenvalue weighted by molar-refractivity contribution is -0.137. The molecule has 0 saturated heterocycles. The summed E-state index contributed by atoms with van der Waals surface area (Å²) in [6.07, 6.45) is -5.86. The summed E-state index contributed by atoms with van der Waals surface area (Å²) in [5.41, 5.74) is 4.91. The molecule has 0 heterocycles. The Kier molecular flexibility index (Phi) is 7.04. The molecule has 2 aromatic rings. The first-order valence-corrected chi connectivity index (χ1v) is 7.11. The van der Waals surface area contributed by atoms with Crippen molar-refractivity contribution in [1.29, 1.82) is 0 Å². The highest BCUT2D eigenvalue weighted by molar-refractivity contribution is 6.30. The number of benzene rings is 2. The largest absolute Gasteiger partial charge is 0.416 e. The van der Waals surface area contributed by atoms with Crippen LogP contribution in [0.1, 0.15) is 22.7 Å². The van der Waals surface area contributed by atoms with E-state index in [0.717, 1.165) is 5.56 Å². The van der Waals surface area contributed by atoms with Crippen LogP contribution in [0, 0.1) is 5.82 Å². The number of aliphatic hydroxyl groups is 1. The topological polar surface area (TPSA) is 46.2 Å². The number of alkyl halides is 3. The van der Waals surface area contributed by atoms with Gasteiger partial charge in [0, 0.05) is 12.0 Å². The molecule has 0 spiro atoms. The third-order valence-corrected chi connectivity index (χ3v) is 3.72. The summed E-state index contributed by atoms with van der Waals surface area (Å²) < 4.78 is 52.4. The molecule has 3 N–H and O–H groups in total. The highest BCUT2D eigenvalue weighted by Gasteiger charge is 2.33. The summed E-state index contributed by atoms with van der Waals surface area (Å²) >= 11 is 5.52. The molecular formula is C16H15Cl2F4NO. The van der Waals surface area contributed by atoms with E-state index in [1.165, 1.54) is 0 Å².